The summed E-state index contributed by atoms with van der Waals surface area (Å²) in [5.74, 6) is -0.573. The van der Waals surface area contributed by atoms with Gasteiger partial charge in [-0.05, 0) is 36.8 Å². The van der Waals surface area contributed by atoms with Crippen LogP contribution in [0.3, 0.4) is 0 Å². The standard InChI is InChI=1S/C18H15ClFN3O2S/c1-11-9-23(10-12-3-6-16(20)21-8-12)18(26-11)22-17(24)14-7-13(19)4-5-15(14)25-2/h3-9H,10H2,1-2H3/b22-18-. The minimum atomic E-state index is -0.534. The molecule has 0 saturated heterocycles. The van der Waals surface area contributed by atoms with Crippen LogP contribution >= 0.6 is 22.9 Å². The second-order valence-corrected chi connectivity index (χ2v) is 7.15. The maximum absolute atomic E-state index is 13.0. The van der Waals surface area contributed by atoms with Crippen LogP contribution in [0.5, 0.6) is 5.75 Å². The van der Waals surface area contributed by atoms with E-state index in [1.165, 1.54) is 36.8 Å². The number of methoxy groups -OCH3 is 1. The van der Waals surface area contributed by atoms with Gasteiger partial charge in [-0.1, -0.05) is 17.7 Å². The molecule has 1 amide bonds. The molecular weight excluding hydrogens is 377 g/mol. The van der Waals surface area contributed by atoms with Crippen molar-refractivity contribution in [3.8, 4) is 5.75 Å². The number of aryl methyl sites for hydroxylation is 1. The fraction of sp³-hybridized carbons (Fsp3) is 0.167. The smallest absolute Gasteiger partial charge is 0.283 e. The SMILES string of the molecule is COc1ccc(Cl)cc1C(=O)/N=c1\sc(C)cn1Cc1ccc(F)nc1. The number of thiazole rings is 1. The van der Waals surface area contributed by atoms with Gasteiger partial charge in [0.2, 0.25) is 5.95 Å². The van der Waals surface area contributed by atoms with Gasteiger partial charge in [0, 0.05) is 22.3 Å². The summed E-state index contributed by atoms with van der Waals surface area (Å²) in [6, 6.07) is 7.75. The molecule has 1 aromatic carbocycles. The molecule has 0 radical (unpaired) electrons. The third-order valence-electron chi connectivity index (χ3n) is 3.57. The summed E-state index contributed by atoms with van der Waals surface area (Å²) in [7, 11) is 1.48. The maximum Gasteiger partial charge on any atom is 0.283 e. The molecule has 0 aliphatic carbocycles. The van der Waals surface area contributed by atoms with E-state index in [1.54, 1.807) is 18.2 Å². The average Bonchev–Trinajstić information content (AvgIpc) is 2.95. The Hall–Kier alpha value is -2.51. The van der Waals surface area contributed by atoms with E-state index in [0.717, 1.165) is 10.4 Å². The number of carbonyl (C=O) groups excluding carboxylic acids is 1. The zero-order chi connectivity index (χ0) is 18.7. The summed E-state index contributed by atoms with van der Waals surface area (Å²) in [5.41, 5.74) is 1.10. The van der Waals surface area contributed by atoms with Crippen LogP contribution in [0, 0.1) is 12.9 Å². The lowest BCUT2D eigenvalue weighted by Gasteiger charge is -2.06. The predicted octanol–water partition coefficient (Wildman–Crippen LogP) is 3.84. The first kappa shape index (κ1) is 18.3. The van der Waals surface area contributed by atoms with Gasteiger partial charge in [0.05, 0.1) is 19.2 Å². The predicted molar refractivity (Wildman–Crippen MR) is 98.2 cm³/mol. The van der Waals surface area contributed by atoms with Crippen LogP contribution in [-0.2, 0) is 6.54 Å². The molecule has 0 spiro atoms. The molecule has 8 heteroatoms. The molecule has 0 aliphatic rings. The molecule has 0 unspecified atom stereocenters. The molecule has 3 rings (SSSR count). The lowest BCUT2D eigenvalue weighted by Crippen LogP contribution is -2.17. The number of rotatable bonds is 4. The van der Waals surface area contributed by atoms with E-state index in [1.807, 2.05) is 17.7 Å². The van der Waals surface area contributed by atoms with E-state index in [4.69, 9.17) is 16.3 Å². The Labute approximate surface area is 158 Å². The Kier molecular flexibility index (Phi) is 5.49. The van der Waals surface area contributed by atoms with E-state index in [9.17, 15) is 9.18 Å². The fourth-order valence-electron chi connectivity index (χ4n) is 2.40. The molecule has 5 nitrogen and oxygen atoms in total. The zero-order valence-electron chi connectivity index (χ0n) is 14.1. The van der Waals surface area contributed by atoms with Crippen molar-refractivity contribution in [2.45, 2.75) is 13.5 Å². The Bertz CT molecular complexity index is 1010. The van der Waals surface area contributed by atoms with Gasteiger partial charge in [0.15, 0.2) is 4.80 Å². The minimum Gasteiger partial charge on any atom is -0.496 e. The largest absolute Gasteiger partial charge is 0.496 e. The highest BCUT2D eigenvalue weighted by molar-refractivity contribution is 7.09. The molecule has 2 aromatic heterocycles. The molecular formula is C18H15ClFN3O2S. The van der Waals surface area contributed by atoms with E-state index in [0.29, 0.717) is 27.7 Å². The van der Waals surface area contributed by atoms with Crippen LogP contribution in [-0.4, -0.2) is 22.6 Å². The number of amides is 1. The van der Waals surface area contributed by atoms with Gasteiger partial charge in [-0.15, -0.1) is 11.3 Å². The van der Waals surface area contributed by atoms with E-state index >= 15 is 0 Å². The Morgan fingerprint density at radius 1 is 1.38 bits per heavy atom. The Balaban J connectivity index is 1.97. The molecule has 2 heterocycles. The van der Waals surface area contributed by atoms with Crippen molar-refractivity contribution in [2.24, 2.45) is 4.99 Å². The normalized spacial score (nSPS) is 11.6. The Morgan fingerprint density at radius 3 is 2.88 bits per heavy atom. The quantitative estimate of drug-likeness (QED) is 0.635. The molecule has 0 aliphatic heterocycles. The lowest BCUT2D eigenvalue weighted by molar-refractivity contribution is 0.0995. The summed E-state index contributed by atoms with van der Waals surface area (Å²) in [5, 5.41) is 0.428. The summed E-state index contributed by atoms with van der Waals surface area (Å²) < 4.78 is 20.0. The fourth-order valence-corrected chi connectivity index (χ4v) is 3.40. The van der Waals surface area contributed by atoms with E-state index in [-0.39, 0.29) is 0 Å². The number of halogens is 2. The molecule has 0 atom stereocenters. The van der Waals surface area contributed by atoms with Gasteiger partial charge in [0.1, 0.15) is 5.75 Å². The van der Waals surface area contributed by atoms with Crippen LogP contribution in [0.15, 0.2) is 47.7 Å². The van der Waals surface area contributed by atoms with Crippen molar-refractivity contribution >= 4 is 28.8 Å². The van der Waals surface area contributed by atoms with Crippen LogP contribution < -0.4 is 9.54 Å². The van der Waals surface area contributed by atoms with Crippen LogP contribution in [0.2, 0.25) is 5.02 Å². The third kappa shape index (κ3) is 4.17. The molecule has 134 valence electrons. The van der Waals surface area contributed by atoms with Gasteiger partial charge in [-0.2, -0.15) is 9.38 Å². The van der Waals surface area contributed by atoms with E-state index in [2.05, 4.69) is 9.98 Å². The minimum absolute atomic E-state index is 0.293. The number of hydrogen-bond donors (Lipinski definition) is 0. The lowest BCUT2D eigenvalue weighted by atomic mass is 10.2. The number of aromatic nitrogens is 2. The molecule has 0 fully saturated rings. The topological polar surface area (TPSA) is 56.5 Å². The number of nitrogens with zero attached hydrogens (tertiary/aromatic N) is 3. The van der Waals surface area contributed by atoms with Crippen molar-refractivity contribution < 1.29 is 13.9 Å². The first-order valence-corrected chi connectivity index (χ1v) is 8.85. The number of ether oxygens (including phenoxy) is 1. The van der Waals surface area contributed by atoms with Gasteiger partial charge in [-0.25, -0.2) is 4.98 Å². The summed E-state index contributed by atoms with van der Waals surface area (Å²) >= 11 is 7.37. The van der Waals surface area contributed by atoms with Crippen molar-refractivity contribution in [1.29, 1.82) is 0 Å². The summed E-state index contributed by atoms with van der Waals surface area (Å²) in [4.78, 5) is 22.0. The molecule has 3 aromatic rings. The van der Waals surface area contributed by atoms with Crippen molar-refractivity contribution in [2.75, 3.05) is 7.11 Å². The molecule has 0 N–H and O–H groups in total. The average molecular weight is 392 g/mol. The second kappa shape index (κ2) is 7.80. The van der Waals surface area contributed by atoms with Crippen LogP contribution in [0.1, 0.15) is 20.8 Å². The molecule has 0 bridgehead atoms. The highest BCUT2D eigenvalue weighted by Crippen LogP contribution is 2.23. The maximum atomic E-state index is 13.0. The molecule has 0 saturated carbocycles. The molecule has 26 heavy (non-hydrogen) atoms. The van der Waals surface area contributed by atoms with Crippen molar-refractivity contribution in [3.63, 3.8) is 0 Å². The summed E-state index contributed by atoms with van der Waals surface area (Å²) in [6.45, 7) is 2.35. The first-order chi connectivity index (χ1) is 12.5. The van der Waals surface area contributed by atoms with Gasteiger partial charge in [-0.3, -0.25) is 4.79 Å². The summed E-state index contributed by atoms with van der Waals surface area (Å²) in [6.07, 6.45) is 3.34. The first-order valence-electron chi connectivity index (χ1n) is 7.66. The monoisotopic (exact) mass is 391 g/mol. The van der Waals surface area contributed by atoms with E-state index < -0.39 is 11.9 Å². The Morgan fingerprint density at radius 2 is 2.19 bits per heavy atom. The van der Waals surface area contributed by atoms with Gasteiger partial charge < -0.3 is 9.30 Å². The number of benzene rings is 1. The van der Waals surface area contributed by atoms with Crippen LogP contribution in [0.4, 0.5) is 4.39 Å². The van der Waals surface area contributed by atoms with Crippen molar-refractivity contribution in [1.82, 2.24) is 9.55 Å². The third-order valence-corrected chi connectivity index (χ3v) is 4.74. The highest BCUT2D eigenvalue weighted by Gasteiger charge is 2.13. The second-order valence-electron chi connectivity index (χ2n) is 5.50. The van der Waals surface area contributed by atoms with Gasteiger partial charge >= 0.3 is 0 Å². The van der Waals surface area contributed by atoms with Gasteiger partial charge in [0.25, 0.3) is 5.91 Å². The highest BCUT2D eigenvalue weighted by atomic mass is 35.5. The van der Waals surface area contributed by atoms with Crippen molar-refractivity contribution in [3.05, 3.63) is 74.5 Å². The number of hydrogen-bond acceptors (Lipinski definition) is 4. The van der Waals surface area contributed by atoms with Crippen LogP contribution in [0.25, 0.3) is 0 Å². The number of pyridine rings is 1. The number of carbonyl (C=O) groups is 1. The zero-order valence-corrected chi connectivity index (χ0v) is 15.6.